The second-order valence-electron chi connectivity index (χ2n) is 1.67. The van der Waals surface area contributed by atoms with Crippen molar-refractivity contribution in [1.29, 1.82) is 0 Å². The Labute approximate surface area is 60.3 Å². The van der Waals surface area contributed by atoms with Crippen LogP contribution in [-0.4, -0.2) is 22.1 Å². The number of hydrogen-bond donors (Lipinski definition) is 2. The van der Waals surface area contributed by atoms with Gasteiger partial charge in [-0.05, 0) is 0 Å². The van der Waals surface area contributed by atoms with Crippen molar-refractivity contribution in [3.63, 3.8) is 0 Å². The molecule has 0 aromatic rings. The van der Waals surface area contributed by atoms with Gasteiger partial charge in [-0.15, -0.1) is 0 Å². The van der Waals surface area contributed by atoms with Gasteiger partial charge < -0.3 is 9.79 Å². The van der Waals surface area contributed by atoms with E-state index in [1.54, 1.807) is 0 Å². The third-order valence-corrected chi connectivity index (χ3v) is 1.92. The molecule has 2 atom stereocenters. The average molecular weight is 184 g/mol. The van der Waals surface area contributed by atoms with Crippen LogP contribution in [0.4, 0.5) is 0 Å². The highest BCUT2D eigenvalue weighted by atomic mass is 31.1. The van der Waals surface area contributed by atoms with Crippen molar-refractivity contribution < 1.29 is 18.9 Å². The number of allylic oxidation sites excluding steroid dienone is 2. The molecule has 0 bridgehead atoms. The molecule has 2 N–H and O–H groups in total. The Morgan fingerprint density at radius 2 is 1.30 bits per heavy atom. The van der Waals surface area contributed by atoms with Crippen LogP contribution in [0.25, 0.3) is 0 Å². The molecule has 6 heteroatoms. The first-order valence-electron chi connectivity index (χ1n) is 2.71. The second kappa shape index (κ2) is 5.87. The van der Waals surface area contributed by atoms with Crippen molar-refractivity contribution in [2.75, 3.05) is 12.3 Å². The Hall–Kier alpha value is 0.120. The molecule has 0 fully saturated rings. The molecule has 0 saturated carbocycles. The Morgan fingerprint density at radius 3 is 1.50 bits per heavy atom. The number of hydrogen-bond acceptors (Lipinski definition) is 2. The zero-order chi connectivity index (χ0) is 7.98. The summed E-state index contributed by atoms with van der Waals surface area (Å²) in [6.45, 7) is 0. The fourth-order valence-corrected chi connectivity index (χ4v) is 1.10. The minimum Gasteiger partial charge on any atom is -0.346 e. The first-order valence-corrected chi connectivity index (χ1v) is 5.84. The predicted molar refractivity (Wildman–Crippen MR) is 41.3 cm³/mol. The summed E-state index contributed by atoms with van der Waals surface area (Å²) < 4.78 is 20.1. The Morgan fingerprint density at radius 1 is 1.00 bits per heavy atom. The van der Waals surface area contributed by atoms with Gasteiger partial charge in [0.1, 0.15) is 0 Å². The Balaban J connectivity index is 3.38. The van der Waals surface area contributed by atoms with Gasteiger partial charge in [-0.3, -0.25) is 9.13 Å². The van der Waals surface area contributed by atoms with Crippen LogP contribution < -0.4 is 0 Å². The van der Waals surface area contributed by atoms with Gasteiger partial charge in [0, 0.05) is 12.3 Å². The standard InChI is InChI=1S/C4H10O4P2/c5-9(6)3-1-2-4-10(7)8/h1-2,9-10H,3-4H2,(H,5,6)(H,7,8). The summed E-state index contributed by atoms with van der Waals surface area (Å²) in [5.41, 5.74) is 0. The molecule has 0 heterocycles. The van der Waals surface area contributed by atoms with E-state index in [9.17, 15) is 9.13 Å². The maximum Gasteiger partial charge on any atom is 0.192 e. The van der Waals surface area contributed by atoms with E-state index in [0.29, 0.717) is 0 Å². The maximum atomic E-state index is 10.0. The second-order valence-corrected chi connectivity index (χ2v) is 4.06. The minimum absolute atomic E-state index is 0.0970. The largest absolute Gasteiger partial charge is 0.346 e. The molecule has 0 amide bonds. The SMILES string of the molecule is O=[PH](O)CC=CC[PH](=O)O. The normalized spacial score (nSPS) is 17.4. The van der Waals surface area contributed by atoms with Crippen molar-refractivity contribution in [1.82, 2.24) is 0 Å². The summed E-state index contributed by atoms with van der Waals surface area (Å²) in [5, 5.41) is 0. The van der Waals surface area contributed by atoms with E-state index in [4.69, 9.17) is 9.79 Å². The minimum atomic E-state index is -2.44. The van der Waals surface area contributed by atoms with Crippen LogP contribution in [0.1, 0.15) is 0 Å². The zero-order valence-electron chi connectivity index (χ0n) is 5.28. The van der Waals surface area contributed by atoms with Crippen molar-refractivity contribution >= 4 is 16.1 Å². The van der Waals surface area contributed by atoms with E-state index in [2.05, 4.69) is 0 Å². The van der Waals surface area contributed by atoms with Crippen LogP contribution in [0.3, 0.4) is 0 Å². The molecule has 60 valence electrons. The molecule has 0 aliphatic carbocycles. The highest BCUT2D eigenvalue weighted by molar-refractivity contribution is 7.38. The van der Waals surface area contributed by atoms with Crippen LogP contribution in [0.5, 0.6) is 0 Å². The topological polar surface area (TPSA) is 74.6 Å². The molecule has 0 aliphatic heterocycles. The van der Waals surface area contributed by atoms with E-state index >= 15 is 0 Å². The first kappa shape index (κ1) is 10.1. The van der Waals surface area contributed by atoms with Gasteiger partial charge in [0.2, 0.25) is 0 Å². The third-order valence-electron chi connectivity index (χ3n) is 0.752. The lowest BCUT2D eigenvalue weighted by atomic mass is 10.6. The van der Waals surface area contributed by atoms with Crippen molar-refractivity contribution in [2.24, 2.45) is 0 Å². The fraction of sp³-hybridized carbons (Fsp3) is 0.500. The third kappa shape index (κ3) is 8.12. The zero-order valence-corrected chi connectivity index (χ0v) is 7.28. The lowest BCUT2D eigenvalue weighted by molar-refractivity contribution is 0.504. The molecular formula is C4H10O4P2. The van der Waals surface area contributed by atoms with Gasteiger partial charge in [0.15, 0.2) is 16.1 Å². The average Bonchev–Trinajstić information content (AvgIpc) is 1.79. The van der Waals surface area contributed by atoms with Crippen LogP contribution in [-0.2, 0) is 9.13 Å². The molecule has 0 radical (unpaired) electrons. The molecule has 2 unspecified atom stereocenters. The van der Waals surface area contributed by atoms with Gasteiger partial charge in [0.05, 0.1) is 0 Å². The summed E-state index contributed by atoms with van der Waals surface area (Å²) in [7, 11) is -4.88. The monoisotopic (exact) mass is 184 g/mol. The van der Waals surface area contributed by atoms with Crippen molar-refractivity contribution in [2.45, 2.75) is 0 Å². The molecule has 0 spiro atoms. The first-order chi connectivity index (χ1) is 4.63. The summed E-state index contributed by atoms with van der Waals surface area (Å²) >= 11 is 0. The maximum absolute atomic E-state index is 10.0. The lowest BCUT2D eigenvalue weighted by Gasteiger charge is -1.85. The van der Waals surface area contributed by atoms with E-state index in [0.717, 1.165) is 0 Å². The molecule has 0 aromatic heterocycles. The molecule has 0 aromatic carbocycles. The predicted octanol–water partition coefficient (Wildman–Crippen LogP) is 0.477. The molecule has 0 aliphatic rings. The molecule has 4 nitrogen and oxygen atoms in total. The number of rotatable bonds is 4. The van der Waals surface area contributed by atoms with Gasteiger partial charge in [-0.1, -0.05) is 12.2 Å². The van der Waals surface area contributed by atoms with E-state index in [-0.39, 0.29) is 12.3 Å². The van der Waals surface area contributed by atoms with Gasteiger partial charge in [0.25, 0.3) is 0 Å². The van der Waals surface area contributed by atoms with E-state index in [1.807, 2.05) is 0 Å². The Kier molecular flexibility index (Phi) is 5.94. The molecule has 0 rings (SSSR count). The fourth-order valence-electron chi connectivity index (χ4n) is 0.368. The quantitative estimate of drug-likeness (QED) is 0.492. The van der Waals surface area contributed by atoms with E-state index in [1.165, 1.54) is 12.2 Å². The summed E-state index contributed by atoms with van der Waals surface area (Å²) in [4.78, 5) is 16.6. The van der Waals surface area contributed by atoms with Crippen LogP contribution in [0.2, 0.25) is 0 Å². The van der Waals surface area contributed by atoms with Crippen molar-refractivity contribution in [3.05, 3.63) is 12.2 Å². The van der Waals surface area contributed by atoms with Gasteiger partial charge in [-0.25, -0.2) is 0 Å². The smallest absolute Gasteiger partial charge is 0.192 e. The highest BCUT2D eigenvalue weighted by Gasteiger charge is 1.87. The molecular weight excluding hydrogens is 174 g/mol. The molecule has 0 saturated heterocycles. The molecule has 10 heavy (non-hydrogen) atoms. The summed E-state index contributed by atoms with van der Waals surface area (Å²) in [6.07, 6.45) is 3.08. The van der Waals surface area contributed by atoms with E-state index < -0.39 is 16.1 Å². The van der Waals surface area contributed by atoms with Crippen LogP contribution in [0.15, 0.2) is 12.2 Å². The highest BCUT2D eigenvalue weighted by Crippen LogP contribution is 2.14. The van der Waals surface area contributed by atoms with Crippen LogP contribution >= 0.6 is 16.1 Å². The Bertz CT molecular complexity index is 147. The summed E-state index contributed by atoms with van der Waals surface area (Å²) in [5.74, 6) is 0. The van der Waals surface area contributed by atoms with Gasteiger partial charge in [-0.2, -0.15) is 0 Å². The lowest BCUT2D eigenvalue weighted by Crippen LogP contribution is -1.71. The van der Waals surface area contributed by atoms with Crippen LogP contribution in [0, 0.1) is 0 Å². The van der Waals surface area contributed by atoms with Gasteiger partial charge >= 0.3 is 0 Å². The summed E-state index contributed by atoms with van der Waals surface area (Å²) in [6, 6.07) is 0. The van der Waals surface area contributed by atoms with Crippen molar-refractivity contribution in [3.8, 4) is 0 Å².